The molecule has 2 N–H and O–H groups in total. The number of rotatable bonds is 4. The van der Waals surface area contributed by atoms with E-state index in [-0.39, 0.29) is 5.75 Å². The summed E-state index contributed by atoms with van der Waals surface area (Å²) in [5.74, 6) is 0.281. The molecule has 2 aliphatic rings. The summed E-state index contributed by atoms with van der Waals surface area (Å²) in [6.45, 7) is 0.601. The molecule has 2 aromatic carbocycles. The van der Waals surface area contributed by atoms with E-state index >= 15 is 0 Å². The Kier molecular flexibility index (Phi) is 4.89. The van der Waals surface area contributed by atoms with E-state index in [1.54, 1.807) is 6.07 Å². The number of hydrogen-bond acceptors (Lipinski definition) is 3. The van der Waals surface area contributed by atoms with Gasteiger partial charge < -0.3 is 15.4 Å². The molecule has 2 fully saturated rings. The zero-order chi connectivity index (χ0) is 17.9. The number of hydrogen-bond donors (Lipinski definition) is 2. The maximum atomic E-state index is 13.7. The molecule has 1 amide bonds. The van der Waals surface area contributed by atoms with Gasteiger partial charge in [-0.15, -0.1) is 0 Å². The monoisotopic (exact) mass is 354 g/mol. The van der Waals surface area contributed by atoms with Gasteiger partial charge in [-0.1, -0.05) is 30.3 Å². The van der Waals surface area contributed by atoms with Gasteiger partial charge in [0.25, 0.3) is 0 Å². The van der Waals surface area contributed by atoms with Crippen molar-refractivity contribution in [3.63, 3.8) is 0 Å². The van der Waals surface area contributed by atoms with Crippen molar-refractivity contribution in [3.05, 3.63) is 54.3 Å². The molecule has 4 nitrogen and oxygen atoms in total. The first-order valence-electron chi connectivity index (χ1n) is 9.24. The second-order valence-corrected chi connectivity index (χ2v) is 7.25. The first-order valence-corrected chi connectivity index (χ1v) is 9.24. The standard InChI is InChI=1S/C21H23FN2O2/c22-16-6-9-19(15-4-2-1-3-5-15)20(12-16)26-21(25)23-13-14-10-17-7-8-18(11-14)24-17/h1-6,9,12,14,17-18,24H,7-8,10-11,13H2,(H,23,25). The lowest BCUT2D eigenvalue weighted by molar-refractivity contribution is 0.194. The molecule has 0 aromatic heterocycles. The molecule has 2 heterocycles. The molecule has 2 unspecified atom stereocenters. The van der Waals surface area contributed by atoms with Gasteiger partial charge in [-0.25, -0.2) is 9.18 Å². The van der Waals surface area contributed by atoms with Crippen molar-refractivity contribution in [2.75, 3.05) is 6.54 Å². The van der Waals surface area contributed by atoms with Gasteiger partial charge in [0, 0.05) is 30.3 Å². The number of amides is 1. The maximum Gasteiger partial charge on any atom is 0.412 e. The summed E-state index contributed by atoms with van der Waals surface area (Å²) >= 11 is 0. The largest absolute Gasteiger partial charge is 0.412 e. The zero-order valence-corrected chi connectivity index (χ0v) is 14.6. The van der Waals surface area contributed by atoms with E-state index in [9.17, 15) is 9.18 Å². The molecule has 26 heavy (non-hydrogen) atoms. The summed E-state index contributed by atoms with van der Waals surface area (Å²) < 4.78 is 19.1. The average molecular weight is 354 g/mol. The van der Waals surface area contributed by atoms with Crippen LogP contribution in [0.25, 0.3) is 11.1 Å². The Bertz CT molecular complexity index is 769. The fraction of sp³-hybridized carbons (Fsp3) is 0.381. The Morgan fingerprint density at radius 2 is 1.85 bits per heavy atom. The molecule has 4 rings (SSSR count). The molecule has 2 aliphatic heterocycles. The van der Waals surface area contributed by atoms with Gasteiger partial charge in [0.15, 0.2) is 0 Å². The lowest BCUT2D eigenvalue weighted by Crippen LogP contribution is -2.42. The maximum absolute atomic E-state index is 13.7. The van der Waals surface area contributed by atoms with Crippen molar-refractivity contribution in [2.24, 2.45) is 5.92 Å². The minimum absolute atomic E-state index is 0.235. The van der Waals surface area contributed by atoms with E-state index < -0.39 is 11.9 Å². The second-order valence-electron chi connectivity index (χ2n) is 7.25. The van der Waals surface area contributed by atoms with Crippen molar-refractivity contribution in [3.8, 4) is 16.9 Å². The number of carbonyl (C=O) groups excluding carboxylic acids is 1. The van der Waals surface area contributed by atoms with E-state index in [0.29, 0.717) is 30.1 Å². The van der Waals surface area contributed by atoms with Gasteiger partial charge in [0.1, 0.15) is 11.6 Å². The molecule has 2 bridgehead atoms. The third kappa shape index (κ3) is 3.88. The quantitative estimate of drug-likeness (QED) is 0.869. The normalized spacial score (nSPS) is 24.3. The fourth-order valence-corrected chi connectivity index (χ4v) is 4.14. The Morgan fingerprint density at radius 3 is 2.58 bits per heavy atom. The summed E-state index contributed by atoms with van der Waals surface area (Å²) in [6.07, 6.45) is 4.11. The van der Waals surface area contributed by atoms with E-state index in [1.165, 1.54) is 25.0 Å². The van der Waals surface area contributed by atoms with Crippen LogP contribution >= 0.6 is 0 Å². The summed E-state index contributed by atoms with van der Waals surface area (Å²) in [6, 6.07) is 15.0. The number of nitrogens with one attached hydrogen (secondary N) is 2. The van der Waals surface area contributed by atoms with Gasteiger partial charge in [-0.3, -0.25) is 0 Å². The highest BCUT2D eigenvalue weighted by molar-refractivity contribution is 5.77. The number of halogens is 1. The average Bonchev–Trinajstić information content (AvgIpc) is 2.99. The van der Waals surface area contributed by atoms with Crippen LogP contribution in [0, 0.1) is 11.7 Å². The highest BCUT2D eigenvalue weighted by atomic mass is 19.1. The minimum atomic E-state index is -0.529. The molecule has 2 aromatic rings. The molecule has 0 aliphatic carbocycles. The fourth-order valence-electron chi connectivity index (χ4n) is 4.14. The van der Waals surface area contributed by atoms with Crippen LogP contribution in [0.3, 0.4) is 0 Å². The van der Waals surface area contributed by atoms with Gasteiger partial charge in [-0.2, -0.15) is 0 Å². The van der Waals surface area contributed by atoms with E-state index in [4.69, 9.17) is 4.74 Å². The van der Waals surface area contributed by atoms with Crippen LogP contribution < -0.4 is 15.4 Å². The van der Waals surface area contributed by atoms with Crippen LogP contribution in [0.2, 0.25) is 0 Å². The van der Waals surface area contributed by atoms with E-state index in [0.717, 1.165) is 18.4 Å². The smallest absolute Gasteiger partial charge is 0.410 e. The highest BCUT2D eigenvalue weighted by Crippen LogP contribution is 2.32. The topological polar surface area (TPSA) is 50.4 Å². The molecular formula is C21H23FN2O2. The number of ether oxygens (including phenoxy) is 1. The lowest BCUT2D eigenvalue weighted by Gasteiger charge is -2.29. The van der Waals surface area contributed by atoms with Crippen LogP contribution in [0.4, 0.5) is 9.18 Å². The Morgan fingerprint density at radius 1 is 1.12 bits per heavy atom. The van der Waals surface area contributed by atoms with Gasteiger partial charge >= 0.3 is 6.09 Å². The first kappa shape index (κ1) is 17.0. The van der Waals surface area contributed by atoms with Crippen molar-refractivity contribution >= 4 is 6.09 Å². The molecule has 0 saturated carbocycles. The number of piperidine rings is 1. The Hall–Kier alpha value is -2.40. The predicted molar refractivity (Wildman–Crippen MR) is 98.5 cm³/mol. The Labute approximate surface area is 152 Å². The number of carbonyl (C=O) groups is 1. The van der Waals surface area contributed by atoms with Crippen LogP contribution in [0.5, 0.6) is 5.75 Å². The molecule has 136 valence electrons. The Balaban J connectivity index is 1.40. The molecule has 2 atom stereocenters. The summed E-state index contributed by atoms with van der Waals surface area (Å²) in [5, 5.41) is 6.45. The molecule has 2 saturated heterocycles. The van der Waals surface area contributed by atoms with Crippen LogP contribution in [0.1, 0.15) is 25.7 Å². The predicted octanol–water partition coefficient (Wildman–Crippen LogP) is 4.11. The third-order valence-electron chi connectivity index (χ3n) is 5.34. The first-order chi connectivity index (χ1) is 12.7. The molecule has 5 heteroatoms. The summed E-state index contributed by atoms with van der Waals surface area (Å²) in [4.78, 5) is 12.3. The SMILES string of the molecule is O=C(NCC1CC2CCC(C1)N2)Oc1cc(F)ccc1-c1ccccc1. The summed E-state index contributed by atoms with van der Waals surface area (Å²) in [7, 11) is 0. The number of benzene rings is 2. The van der Waals surface area contributed by atoms with Crippen LogP contribution in [-0.2, 0) is 0 Å². The van der Waals surface area contributed by atoms with Gasteiger partial charge in [0.05, 0.1) is 0 Å². The van der Waals surface area contributed by atoms with Crippen molar-refractivity contribution in [2.45, 2.75) is 37.8 Å². The van der Waals surface area contributed by atoms with Crippen molar-refractivity contribution in [1.82, 2.24) is 10.6 Å². The van der Waals surface area contributed by atoms with Crippen molar-refractivity contribution in [1.29, 1.82) is 0 Å². The number of fused-ring (bicyclic) bond motifs is 2. The second kappa shape index (κ2) is 7.46. The van der Waals surface area contributed by atoms with Crippen LogP contribution in [0.15, 0.2) is 48.5 Å². The zero-order valence-electron chi connectivity index (χ0n) is 14.6. The van der Waals surface area contributed by atoms with Crippen LogP contribution in [-0.4, -0.2) is 24.7 Å². The summed E-state index contributed by atoms with van der Waals surface area (Å²) in [5.41, 5.74) is 1.58. The van der Waals surface area contributed by atoms with E-state index in [2.05, 4.69) is 10.6 Å². The highest BCUT2D eigenvalue weighted by Gasteiger charge is 2.33. The molecule has 0 spiro atoms. The van der Waals surface area contributed by atoms with Crippen molar-refractivity contribution < 1.29 is 13.9 Å². The molecule has 0 radical (unpaired) electrons. The molecular weight excluding hydrogens is 331 g/mol. The lowest BCUT2D eigenvalue weighted by atomic mass is 9.92. The van der Waals surface area contributed by atoms with Gasteiger partial charge in [-0.05, 0) is 49.3 Å². The van der Waals surface area contributed by atoms with E-state index in [1.807, 2.05) is 30.3 Å². The van der Waals surface area contributed by atoms with Gasteiger partial charge in [0.2, 0.25) is 0 Å². The minimum Gasteiger partial charge on any atom is -0.410 e. The third-order valence-corrected chi connectivity index (χ3v) is 5.34.